The number of carbonyl (C=O) groups excluding carboxylic acids is 1. The zero-order valence-electron chi connectivity index (χ0n) is 18.0. The van der Waals surface area contributed by atoms with Gasteiger partial charge in [0.1, 0.15) is 17.2 Å². The Hall–Kier alpha value is -3.53. The van der Waals surface area contributed by atoms with Crippen molar-refractivity contribution in [2.45, 2.75) is 25.6 Å². The molecule has 0 atom stereocenters. The highest BCUT2D eigenvalue weighted by atomic mass is 19.4. The van der Waals surface area contributed by atoms with Crippen molar-refractivity contribution in [2.75, 3.05) is 20.1 Å². The van der Waals surface area contributed by atoms with Crippen LogP contribution in [-0.2, 0) is 12.7 Å². The molecule has 4 rings (SSSR count). The summed E-state index contributed by atoms with van der Waals surface area (Å²) in [4.78, 5) is 18.3. The number of aromatic amines is 1. The van der Waals surface area contributed by atoms with E-state index in [9.17, 15) is 18.0 Å². The molecule has 0 spiro atoms. The van der Waals surface area contributed by atoms with E-state index >= 15 is 0 Å². The van der Waals surface area contributed by atoms with Crippen molar-refractivity contribution in [2.24, 2.45) is 5.73 Å². The maximum atomic E-state index is 13.8. The SMILES string of the molecule is CN(C(=N)N)C(=O)c1cc2c(C(F)(F)F)cc(Oc3cccc(CN4CCCC4)c3)cc2[nH]1. The summed E-state index contributed by atoms with van der Waals surface area (Å²) in [5.74, 6) is -0.816. The van der Waals surface area contributed by atoms with Crippen molar-refractivity contribution in [3.63, 3.8) is 0 Å². The molecular weight excluding hydrogens is 435 g/mol. The minimum Gasteiger partial charge on any atom is -0.457 e. The molecule has 0 bridgehead atoms. The molecule has 0 aliphatic carbocycles. The Morgan fingerprint density at radius 3 is 2.58 bits per heavy atom. The van der Waals surface area contributed by atoms with E-state index in [0.29, 0.717) is 5.75 Å². The number of alkyl halides is 3. The maximum Gasteiger partial charge on any atom is 0.417 e. The number of rotatable bonds is 5. The molecule has 1 aliphatic rings. The Morgan fingerprint density at radius 2 is 1.91 bits per heavy atom. The number of ether oxygens (including phenoxy) is 1. The van der Waals surface area contributed by atoms with Gasteiger partial charge in [0.25, 0.3) is 5.91 Å². The smallest absolute Gasteiger partial charge is 0.417 e. The number of amides is 1. The highest BCUT2D eigenvalue weighted by molar-refractivity contribution is 6.06. The van der Waals surface area contributed by atoms with Crippen LogP contribution in [-0.4, -0.2) is 46.8 Å². The van der Waals surface area contributed by atoms with Crippen LogP contribution in [0.2, 0.25) is 0 Å². The lowest BCUT2D eigenvalue weighted by atomic mass is 10.1. The predicted molar refractivity (Wildman–Crippen MR) is 118 cm³/mol. The average molecular weight is 459 g/mol. The molecule has 1 saturated heterocycles. The molecule has 2 aromatic carbocycles. The van der Waals surface area contributed by atoms with Gasteiger partial charge in [-0.15, -0.1) is 0 Å². The molecule has 0 saturated carbocycles. The summed E-state index contributed by atoms with van der Waals surface area (Å²) in [6, 6.07) is 10.7. The molecule has 2 heterocycles. The molecule has 1 fully saturated rings. The molecule has 7 nitrogen and oxygen atoms in total. The Labute approximate surface area is 188 Å². The summed E-state index contributed by atoms with van der Waals surface area (Å²) in [6.07, 6.45) is -2.33. The molecule has 1 aromatic heterocycles. The van der Waals surface area contributed by atoms with Crippen molar-refractivity contribution >= 4 is 22.8 Å². The molecule has 1 amide bonds. The van der Waals surface area contributed by atoms with Gasteiger partial charge in [0, 0.05) is 25.0 Å². The third-order valence-corrected chi connectivity index (χ3v) is 5.65. The van der Waals surface area contributed by atoms with E-state index in [1.165, 1.54) is 26.0 Å². The number of nitrogens with two attached hydrogens (primary N) is 1. The Kier molecular flexibility index (Phi) is 6.03. The van der Waals surface area contributed by atoms with Gasteiger partial charge in [-0.25, -0.2) is 0 Å². The zero-order chi connectivity index (χ0) is 23.8. The van der Waals surface area contributed by atoms with Crippen LogP contribution in [0.4, 0.5) is 13.2 Å². The largest absolute Gasteiger partial charge is 0.457 e. The Balaban J connectivity index is 1.67. The second kappa shape index (κ2) is 8.78. The number of aromatic nitrogens is 1. The van der Waals surface area contributed by atoms with Gasteiger partial charge in [0.15, 0.2) is 5.96 Å². The maximum absolute atomic E-state index is 13.8. The lowest BCUT2D eigenvalue weighted by molar-refractivity contribution is -0.136. The van der Waals surface area contributed by atoms with Crippen LogP contribution in [0.3, 0.4) is 0 Å². The van der Waals surface area contributed by atoms with Crippen LogP contribution in [0.25, 0.3) is 10.9 Å². The zero-order valence-corrected chi connectivity index (χ0v) is 18.0. The van der Waals surface area contributed by atoms with E-state index in [1.54, 1.807) is 6.07 Å². The van der Waals surface area contributed by atoms with Crippen molar-refractivity contribution in [1.29, 1.82) is 5.41 Å². The Morgan fingerprint density at radius 1 is 1.18 bits per heavy atom. The van der Waals surface area contributed by atoms with Crippen molar-refractivity contribution in [1.82, 2.24) is 14.8 Å². The Bertz CT molecular complexity index is 1200. The van der Waals surface area contributed by atoms with Gasteiger partial charge >= 0.3 is 6.18 Å². The van der Waals surface area contributed by atoms with E-state index in [-0.39, 0.29) is 22.3 Å². The molecule has 174 valence electrons. The number of hydrogen-bond donors (Lipinski definition) is 3. The summed E-state index contributed by atoms with van der Waals surface area (Å²) < 4.78 is 47.2. The predicted octanol–water partition coefficient (Wildman–Crippen LogP) is 4.54. The fourth-order valence-electron chi connectivity index (χ4n) is 3.95. The number of nitrogens with one attached hydrogen (secondary N) is 2. The van der Waals surface area contributed by atoms with E-state index in [4.69, 9.17) is 15.9 Å². The molecule has 0 radical (unpaired) electrons. The van der Waals surface area contributed by atoms with E-state index < -0.39 is 23.6 Å². The second-order valence-electron chi connectivity index (χ2n) is 8.09. The standard InChI is InChI=1S/C23H24F3N5O2/c1-30(22(27)28)21(32)20-12-17-18(23(24,25)26)10-16(11-19(17)29-20)33-15-6-4-5-14(9-15)13-31-7-2-3-8-31/h4-6,9-12,29H,2-3,7-8,13H2,1H3,(H3,27,28). The van der Waals surface area contributed by atoms with Crippen LogP contribution in [0.15, 0.2) is 42.5 Å². The minimum atomic E-state index is -4.66. The highest BCUT2D eigenvalue weighted by Crippen LogP contribution is 2.39. The van der Waals surface area contributed by atoms with Crippen LogP contribution in [0, 0.1) is 5.41 Å². The molecule has 0 unspecified atom stereocenters. The number of guanidine groups is 1. The van der Waals surface area contributed by atoms with Gasteiger partial charge in [-0.2, -0.15) is 13.2 Å². The van der Waals surface area contributed by atoms with Gasteiger partial charge < -0.3 is 15.5 Å². The number of H-pyrrole nitrogens is 1. The first-order chi connectivity index (χ1) is 15.6. The molecule has 1 aliphatic heterocycles. The van der Waals surface area contributed by atoms with E-state index in [2.05, 4.69) is 9.88 Å². The molecule has 4 N–H and O–H groups in total. The summed E-state index contributed by atoms with van der Waals surface area (Å²) in [5, 5.41) is 7.20. The van der Waals surface area contributed by atoms with Crippen LogP contribution >= 0.6 is 0 Å². The quantitative estimate of drug-likeness (QED) is 0.385. The monoisotopic (exact) mass is 459 g/mol. The second-order valence-corrected chi connectivity index (χ2v) is 8.09. The van der Waals surface area contributed by atoms with Crippen molar-refractivity contribution < 1.29 is 22.7 Å². The van der Waals surface area contributed by atoms with Crippen LogP contribution < -0.4 is 10.5 Å². The van der Waals surface area contributed by atoms with Gasteiger partial charge in [-0.1, -0.05) is 12.1 Å². The first-order valence-electron chi connectivity index (χ1n) is 10.5. The summed E-state index contributed by atoms with van der Waals surface area (Å²) in [6.45, 7) is 2.82. The third kappa shape index (κ3) is 4.95. The van der Waals surface area contributed by atoms with Gasteiger partial charge in [0.2, 0.25) is 0 Å². The number of halogens is 3. The molecule has 10 heteroatoms. The minimum absolute atomic E-state index is 0.00563. The van der Waals surface area contributed by atoms with Gasteiger partial charge in [-0.05, 0) is 55.8 Å². The van der Waals surface area contributed by atoms with Crippen molar-refractivity contribution in [3.8, 4) is 11.5 Å². The van der Waals surface area contributed by atoms with Crippen molar-refractivity contribution in [3.05, 3.63) is 59.3 Å². The summed E-state index contributed by atoms with van der Waals surface area (Å²) in [5.41, 5.74) is 5.38. The molecular formula is C23H24F3N5O2. The molecule has 3 aromatic rings. The first-order valence-corrected chi connectivity index (χ1v) is 10.5. The van der Waals surface area contributed by atoms with E-state index in [0.717, 1.165) is 42.2 Å². The van der Waals surface area contributed by atoms with Crippen LogP contribution in [0.5, 0.6) is 11.5 Å². The average Bonchev–Trinajstić information content (AvgIpc) is 3.41. The topological polar surface area (TPSA) is 98.4 Å². The number of fused-ring (bicyclic) bond motifs is 1. The molecule has 33 heavy (non-hydrogen) atoms. The lowest BCUT2D eigenvalue weighted by Crippen LogP contribution is -2.38. The number of likely N-dealkylation sites (tertiary alicyclic amines) is 1. The first kappa shape index (κ1) is 22.7. The summed E-state index contributed by atoms with van der Waals surface area (Å²) in [7, 11) is 1.27. The van der Waals surface area contributed by atoms with Gasteiger partial charge in [-0.3, -0.25) is 20.0 Å². The normalized spacial score (nSPS) is 14.5. The number of carbonyl (C=O) groups is 1. The number of benzene rings is 2. The third-order valence-electron chi connectivity index (χ3n) is 5.65. The number of hydrogen-bond acceptors (Lipinski definition) is 4. The lowest BCUT2D eigenvalue weighted by Gasteiger charge is -2.16. The van der Waals surface area contributed by atoms with Gasteiger partial charge in [0.05, 0.1) is 11.1 Å². The number of nitrogens with zero attached hydrogens (tertiary/aromatic N) is 2. The fourth-order valence-corrected chi connectivity index (χ4v) is 3.95. The fraction of sp³-hybridized carbons (Fsp3) is 0.304. The highest BCUT2D eigenvalue weighted by Gasteiger charge is 2.34. The summed E-state index contributed by atoms with van der Waals surface area (Å²) >= 11 is 0. The van der Waals surface area contributed by atoms with Crippen LogP contribution in [0.1, 0.15) is 34.5 Å². The van der Waals surface area contributed by atoms with E-state index in [1.807, 2.05) is 18.2 Å².